The van der Waals surface area contributed by atoms with Crippen LogP contribution in [0.4, 0.5) is 0 Å². The molecule has 0 aromatic carbocycles. The highest BCUT2D eigenvalue weighted by atomic mass is 79.9. The molecule has 0 amide bonds. The summed E-state index contributed by atoms with van der Waals surface area (Å²) in [4.78, 5) is 1.53. The van der Waals surface area contributed by atoms with E-state index in [1.54, 1.807) is 5.38 Å². The number of nitrogens with one attached hydrogen (secondary N) is 1. The lowest BCUT2D eigenvalue weighted by atomic mass is 10.5. The van der Waals surface area contributed by atoms with Crippen molar-refractivity contribution >= 4 is 48.6 Å². The molecule has 0 aliphatic heterocycles. The average Bonchev–Trinajstić information content (AvgIpc) is 2.95. The van der Waals surface area contributed by atoms with Gasteiger partial charge in [0.25, 0.3) is 0 Å². The van der Waals surface area contributed by atoms with Crippen molar-refractivity contribution < 1.29 is 13.5 Å². The Balaban J connectivity index is 2.13. The lowest BCUT2D eigenvalue weighted by Gasteiger charge is -2.05. The zero-order chi connectivity index (χ0) is 13.2. The Labute approximate surface area is 121 Å². The van der Waals surface area contributed by atoms with Crippen molar-refractivity contribution in [3.05, 3.63) is 37.1 Å². The second-order valence-electron chi connectivity index (χ2n) is 3.40. The maximum Gasteiger partial charge on any atom is 0.242 e. The summed E-state index contributed by atoms with van der Waals surface area (Å²) in [5.41, 5.74) is 0. The third-order valence-electron chi connectivity index (χ3n) is 2.20. The monoisotopic (exact) mass is 367 g/mol. The zero-order valence-electron chi connectivity index (χ0n) is 9.09. The van der Waals surface area contributed by atoms with Gasteiger partial charge in [-0.1, -0.05) is 0 Å². The van der Waals surface area contributed by atoms with Gasteiger partial charge in [-0.25, -0.2) is 13.1 Å². The Bertz CT molecular complexity index is 632. The van der Waals surface area contributed by atoms with E-state index in [1.165, 1.54) is 28.7 Å². The van der Waals surface area contributed by atoms with Crippen LogP contribution >= 0.6 is 38.6 Å². The number of hydrogen-bond acceptors (Lipinski definition) is 5. The first-order valence-corrected chi connectivity index (χ1v) is 8.91. The molecular weight excluding hydrogens is 358 g/mol. The summed E-state index contributed by atoms with van der Waals surface area (Å²) in [7, 11) is -3.56. The lowest BCUT2D eigenvalue weighted by Crippen LogP contribution is -2.23. The molecule has 2 rings (SSSR count). The molecule has 0 atom stereocenters. The Kier molecular flexibility index (Phi) is 4.57. The number of thiophene rings is 2. The Hall–Kier alpha value is -0.250. The third kappa shape index (κ3) is 3.19. The van der Waals surface area contributed by atoms with E-state index in [2.05, 4.69) is 20.7 Å². The van der Waals surface area contributed by atoms with Gasteiger partial charge in [-0.15, -0.1) is 22.7 Å². The molecule has 0 aliphatic rings. The molecular formula is C10H10BrNO3S3. The first-order valence-electron chi connectivity index (χ1n) is 4.94. The van der Waals surface area contributed by atoms with Crippen molar-refractivity contribution in [3.8, 4) is 0 Å². The maximum atomic E-state index is 12.0. The van der Waals surface area contributed by atoms with Crippen LogP contribution in [0.5, 0.6) is 0 Å². The van der Waals surface area contributed by atoms with Crippen molar-refractivity contribution in [3.63, 3.8) is 0 Å². The Morgan fingerprint density at radius 3 is 2.72 bits per heavy atom. The largest absolute Gasteiger partial charge is 0.391 e. The smallest absolute Gasteiger partial charge is 0.242 e. The quantitative estimate of drug-likeness (QED) is 0.853. The van der Waals surface area contributed by atoms with Gasteiger partial charge in [0.15, 0.2) is 0 Å². The van der Waals surface area contributed by atoms with E-state index >= 15 is 0 Å². The summed E-state index contributed by atoms with van der Waals surface area (Å²) in [6.45, 7) is -0.0161. The predicted octanol–water partition coefficient (Wildman–Crippen LogP) is 2.54. The highest BCUT2D eigenvalue weighted by molar-refractivity contribution is 9.11. The van der Waals surface area contributed by atoms with E-state index in [4.69, 9.17) is 5.11 Å². The van der Waals surface area contributed by atoms with Gasteiger partial charge in [0, 0.05) is 16.3 Å². The molecule has 2 N–H and O–H groups in total. The van der Waals surface area contributed by atoms with E-state index in [1.807, 2.05) is 12.1 Å². The zero-order valence-corrected chi connectivity index (χ0v) is 13.1. The van der Waals surface area contributed by atoms with Crippen molar-refractivity contribution in [2.24, 2.45) is 0 Å². The lowest BCUT2D eigenvalue weighted by molar-refractivity contribution is 0.282. The Morgan fingerprint density at radius 1 is 1.33 bits per heavy atom. The van der Waals surface area contributed by atoms with E-state index in [-0.39, 0.29) is 18.0 Å². The summed E-state index contributed by atoms with van der Waals surface area (Å²) in [6, 6.07) is 5.23. The summed E-state index contributed by atoms with van der Waals surface area (Å²) in [5, 5.41) is 10.7. The fourth-order valence-corrected chi connectivity index (χ4v) is 5.19. The number of rotatable bonds is 5. The summed E-state index contributed by atoms with van der Waals surface area (Å²) in [5.74, 6) is 0. The second kappa shape index (κ2) is 5.81. The molecule has 0 fully saturated rings. The van der Waals surface area contributed by atoms with E-state index < -0.39 is 10.0 Å². The van der Waals surface area contributed by atoms with Gasteiger partial charge < -0.3 is 5.11 Å². The minimum Gasteiger partial charge on any atom is -0.391 e. The first kappa shape index (κ1) is 14.2. The molecule has 0 unspecified atom stereocenters. The van der Waals surface area contributed by atoms with Crippen molar-refractivity contribution in [2.75, 3.05) is 0 Å². The third-order valence-corrected chi connectivity index (χ3v) is 6.35. The highest BCUT2D eigenvalue weighted by Gasteiger charge is 2.19. The van der Waals surface area contributed by atoms with Crippen LogP contribution in [0.2, 0.25) is 0 Å². The molecule has 0 bridgehead atoms. The fourth-order valence-electron chi connectivity index (χ4n) is 1.37. The molecule has 2 aromatic rings. The molecule has 98 valence electrons. The highest BCUT2D eigenvalue weighted by Crippen LogP contribution is 2.24. The molecule has 8 heteroatoms. The molecule has 0 saturated carbocycles. The van der Waals surface area contributed by atoms with E-state index in [9.17, 15) is 8.42 Å². The first-order chi connectivity index (χ1) is 8.53. The SMILES string of the molecule is O=S(=O)(NCc1ccc(Br)s1)c1ccsc1CO. The topological polar surface area (TPSA) is 66.4 Å². The van der Waals surface area contributed by atoms with Crippen LogP contribution < -0.4 is 4.72 Å². The van der Waals surface area contributed by atoms with Gasteiger partial charge >= 0.3 is 0 Å². The van der Waals surface area contributed by atoms with Crippen LogP contribution in [0.15, 0.2) is 32.3 Å². The van der Waals surface area contributed by atoms with E-state index in [0.29, 0.717) is 4.88 Å². The second-order valence-corrected chi connectivity index (χ2v) is 8.68. The fraction of sp³-hybridized carbons (Fsp3) is 0.200. The molecule has 18 heavy (non-hydrogen) atoms. The molecule has 2 aromatic heterocycles. The number of sulfonamides is 1. The summed E-state index contributed by atoms with van der Waals surface area (Å²) in [6.07, 6.45) is 0. The minimum absolute atomic E-state index is 0.158. The van der Waals surface area contributed by atoms with Crippen molar-refractivity contribution in [1.82, 2.24) is 4.72 Å². The predicted molar refractivity (Wildman–Crippen MR) is 76.3 cm³/mol. The molecule has 0 radical (unpaired) electrons. The van der Waals surface area contributed by atoms with Crippen LogP contribution in [0.25, 0.3) is 0 Å². The molecule has 0 spiro atoms. The number of aliphatic hydroxyl groups excluding tert-OH is 1. The average molecular weight is 368 g/mol. The number of hydrogen-bond donors (Lipinski definition) is 2. The van der Waals surface area contributed by atoms with Crippen LogP contribution in [0, 0.1) is 0 Å². The van der Waals surface area contributed by atoms with Gasteiger partial charge in [0.1, 0.15) is 0 Å². The van der Waals surface area contributed by atoms with Crippen molar-refractivity contribution in [2.45, 2.75) is 18.0 Å². The maximum absolute atomic E-state index is 12.0. The molecule has 4 nitrogen and oxygen atoms in total. The van der Waals surface area contributed by atoms with Crippen LogP contribution in [-0.4, -0.2) is 13.5 Å². The minimum atomic E-state index is -3.56. The normalized spacial score (nSPS) is 11.9. The standard InChI is InChI=1S/C10H10BrNO3S3/c11-10-2-1-7(17-10)5-12-18(14,15)9-3-4-16-8(9)6-13/h1-4,12-13H,5-6H2. The number of aliphatic hydroxyl groups is 1. The van der Waals surface area contributed by atoms with Crippen LogP contribution in [-0.2, 0) is 23.2 Å². The number of halogens is 1. The van der Waals surface area contributed by atoms with Gasteiger partial charge in [0.2, 0.25) is 10.0 Å². The van der Waals surface area contributed by atoms with Gasteiger partial charge in [-0.3, -0.25) is 0 Å². The van der Waals surface area contributed by atoms with Crippen LogP contribution in [0.3, 0.4) is 0 Å². The van der Waals surface area contributed by atoms with Crippen molar-refractivity contribution in [1.29, 1.82) is 0 Å². The van der Waals surface area contributed by atoms with Gasteiger partial charge in [-0.2, -0.15) is 0 Å². The summed E-state index contributed by atoms with van der Waals surface area (Å²) >= 11 is 6.03. The van der Waals surface area contributed by atoms with Gasteiger partial charge in [-0.05, 0) is 39.5 Å². The van der Waals surface area contributed by atoms with Gasteiger partial charge in [0.05, 0.1) is 15.3 Å². The molecule has 0 aliphatic carbocycles. The van der Waals surface area contributed by atoms with E-state index in [0.717, 1.165) is 8.66 Å². The molecule has 0 saturated heterocycles. The summed E-state index contributed by atoms with van der Waals surface area (Å²) < 4.78 is 27.5. The molecule has 2 heterocycles. The Morgan fingerprint density at radius 2 is 2.11 bits per heavy atom. The van der Waals surface area contributed by atoms with Crippen LogP contribution in [0.1, 0.15) is 9.75 Å².